The average Bonchev–Trinajstić information content (AvgIpc) is 2.35. The van der Waals surface area contributed by atoms with E-state index in [4.69, 9.17) is 22.1 Å². The first-order chi connectivity index (χ1) is 9.02. The van der Waals surface area contributed by atoms with Crippen molar-refractivity contribution in [2.45, 2.75) is 0 Å². The standard InChI is InChI=1S/C13H11BrClFN2O/c1-19-11-4-2-3-10(12(11)17)18-13-8(14)5-7(16)6-9(13)15/h2-6,18H,17H2,1H3. The highest BCUT2D eigenvalue weighted by Gasteiger charge is 2.11. The molecule has 0 atom stereocenters. The molecule has 0 saturated heterocycles. The Morgan fingerprint density at radius 1 is 1.37 bits per heavy atom. The number of benzene rings is 2. The number of anilines is 3. The number of nitrogens with one attached hydrogen (secondary N) is 1. The maximum atomic E-state index is 13.2. The summed E-state index contributed by atoms with van der Waals surface area (Å²) >= 11 is 9.26. The number of nitrogen functional groups attached to an aromatic ring is 1. The van der Waals surface area contributed by atoms with Gasteiger partial charge < -0.3 is 15.8 Å². The van der Waals surface area contributed by atoms with Gasteiger partial charge in [0, 0.05) is 4.47 Å². The van der Waals surface area contributed by atoms with Crippen LogP contribution < -0.4 is 15.8 Å². The van der Waals surface area contributed by atoms with Crippen LogP contribution in [0.15, 0.2) is 34.8 Å². The number of methoxy groups -OCH3 is 1. The SMILES string of the molecule is COc1cccc(Nc2c(Cl)cc(F)cc2Br)c1N. The lowest BCUT2D eigenvalue weighted by molar-refractivity contribution is 0.417. The van der Waals surface area contributed by atoms with Gasteiger partial charge in [-0.3, -0.25) is 0 Å². The Morgan fingerprint density at radius 3 is 2.74 bits per heavy atom. The number of hydrogen-bond donors (Lipinski definition) is 2. The van der Waals surface area contributed by atoms with Crippen LogP contribution in [0.1, 0.15) is 0 Å². The van der Waals surface area contributed by atoms with Gasteiger partial charge in [-0.1, -0.05) is 17.7 Å². The van der Waals surface area contributed by atoms with Crippen LogP contribution in [0.3, 0.4) is 0 Å². The average molecular weight is 346 g/mol. The Hall–Kier alpha value is -1.46. The number of nitrogens with two attached hydrogens (primary N) is 1. The Balaban J connectivity index is 2.42. The number of ether oxygens (including phenoxy) is 1. The summed E-state index contributed by atoms with van der Waals surface area (Å²) in [6.07, 6.45) is 0. The Bertz CT molecular complexity index is 599. The molecule has 0 amide bonds. The van der Waals surface area contributed by atoms with E-state index in [0.29, 0.717) is 27.3 Å². The predicted molar refractivity (Wildman–Crippen MR) is 79.8 cm³/mol. The summed E-state index contributed by atoms with van der Waals surface area (Å²) in [5.41, 5.74) is 7.58. The van der Waals surface area contributed by atoms with Gasteiger partial charge in [0.25, 0.3) is 0 Å². The van der Waals surface area contributed by atoms with E-state index in [1.807, 2.05) is 0 Å². The van der Waals surface area contributed by atoms with Crippen molar-refractivity contribution in [1.29, 1.82) is 0 Å². The van der Waals surface area contributed by atoms with Gasteiger partial charge in [0.1, 0.15) is 11.6 Å². The van der Waals surface area contributed by atoms with E-state index < -0.39 is 5.82 Å². The van der Waals surface area contributed by atoms with Crippen LogP contribution in [0.4, 0.5) is 21.5 Å². The highest BCUT2D eigenvalue weighted by molar-refractivity contribution is 9.10. The van der Waals surface area contributed by atoms with Crippen molar-refractivity contribution in [2.24, 2.45) is 0 Å². The van der Waals surface area contributed by atoms with Crippen molar-refractivity contribution in [1.82, 2.24) is 0 Å². The van der Waals surface area contributed by atoms with Crippen molar-refractivity contribution in [3.63, 3.8) is 0 Å². The normalized spacial score (nSPS) is 10.3. The lowest BCUT2D eigenvalue weighted by Gasteiger charge is -2.14. The molecule has 0 saturated carbocycles. The quantitative estimate of drug-likeness (QED) is 0.801. The van der Waals surface area contributed by atoms with Gasteiger partial charge in [-0.25, -0.2) is 4.39 Å². The number of rotatable bonds is 3. The van der Waals surface area contributed by atoms with E-state index in [1.54, 1.807) is 18.2 Å². The van der Waals surface area contributed by atoms with E-state index in [0.717, 1.165) is 0 Å². The van der Waals surface area contributed by atoms with E-state index in [-0.39, 0.29) is 5.02 Å². The molecule has 0 bridgehead atoms. The summed E-state index contributed by atoms with van der Waals surface area (Å²) in [4.78, 5) is 0. The minimum atomic E-state index is -0.416. The fraction of sp³-hybridized carbons (Fsp3) is 0.0769. The van der Waals surface area contributed by atoms with Crippen LogP contribution in [0, 0.1) is 5.82 Å². The molecule has 0 heterocycles. The number of hydrogen-bond acceptors (Lipinski definition) is 3. The lowest BCUT2D eigenvalue weighted by atomic mass is 10.2. The van der Waals surface area contributed by atoms with Gasteiger partial charge in [-0.2, -0.15) is 0 Å². The molecule has 0 aliphatic rings. The highest BCUT2D eigenvalue weighted by Crippen LogP contribution is 2.37. The molecule has 0 unspecified atom stereocenters. The lowest BCUT2D eigenvalue weighted by Crippen LogP contribution is -2.00. The van der Waals surface area contributed by atoms with Crippen LogP contribution >= 0.6 is 27.5 Å². The van der Waals surface area contributed by atoms with Gasteiger partial charge in [0.05, 0.1) is 29.2 Å². The van der Waals surface area contributed by atoms with Gasteiger partial charge >= 0.3 is 0 Å². The molecule has 0 fully saturated rings. The summed E-state index contributed by atoms with van der Waals surface area (Å²) in [6.45, 7) is 0. The summed E-state index contributed by atoms with van der Waals surface area (Å²) < 4.78 is 18.8. The topological polar surface area (TPSA) is 47.3 Å². The molecule has 2 aromatic rings. The third-order valence-corrected chi connectivity index (χ3v) is 3.48. The zero-order chi connectivity index (χ0) is 14.0. The molecule has 3 N–H and O–H groups in total. The molecule has 6 heteroatoms. The second-order valence-corrected chi connectivity index (χ2v) is 5.05. The Labute approximate surface area is 123 Å². The molecule has 19 heavy (non-hydrogen) atoms. The smallest absolute Gasteiger partial charge is 0.143 e. The predicted octanol–water partition coefficient (Wildman–Crippen LogP) is 4.58. The van der Waals surface area contributed by atoms with E-state index in [1.165, 1.54) is 19.2 Å². The fourth-order valence-electron chi connectivity index (χ4n) is 1.63. The largest absolute Gasteiger partial charge is 0.495 e. The van der Waals surface area contributed by atoms with Crippen LogP contribution in [-0.2, 0) is 0 Å². The van der Waals surface area contributed by atoms with E-state index in [9.17, 15) is 4.39 Å². The van der Waals surface area contributed by atoms with Crippen LogP contribution in [0.5, 0.6) is 5.75 Å². The van der Waals surface area contributed by atoms with E-state index in [2.05, 4.69) is 21.2 Å². The minimum absolute atomic E-state index is 0.258. The summed E-state index contributed by atoms with van der Waals surface area (Å²) in [5.74, 6) is 0.139. The van der Waals surface area contributed by atoms with Crippen LogP contribution in [-0.4, -0.2) is 7.11 Å². The monoisotopic (exact) mass is 344 g/mol. The minimum Gasteiger partial charge on any atom is -0.495 e. The molecule has 0 aliphatic carbocycles. The Kier molecular flexibility index (Phi) is 4.17. The van der Waals surface area contributed by atoms with Gasteiger partial charge in [0.15, 0.2) is 0 Å². The second kappa shape index (κ2) is 5.67. The second-order valence-electron chi connectivity index (χ2n) is 3.79. The molecule has 0 spiro atoms. The maximum Gasteiger partial charge on any atom is 0.143 e. The van der Waals surface area contributed by atoms with Crippen molar-refractivity contribution in [3.8, 4) is 5.75 Å². The van der Waals surface area contributed by atoms with Crippen molar-refractivity contribution in [2.75, 3.05) is 18.2 Å². The number of para-hydroxylation sites is 1. The first kappa shape index (κ1) is 14.0. The first-order valence-corrected chi connectivity index (χ1v) is 6.54. The molecular formula is C13H11BrClFN2O. The molecule has 3 nitrogen and oxygen atoms in total. The first-order valence-electron chi connectivity index (χ1n) is 5.37. The molecule has 0 aromatic heterocycles. The van der Waals surface area contributed by atoms with Crippen LogP contribution in [0.2, 0.25) is 5.02 Å². The summed E-state index contributed by atoms with van der Waals surface area (Å²) in [6, 6.07) is 7.88. The zero-order valence-corrected chi connectivity index (χ0v) is 12.3. The number of halogens is 3. The highest BCUT2D eigenvalue weighted by atomic mass is 79.9. The van der Waals surface area contributed by atoms with Crippen molar-refractivity contribution in [3.05, 3.63) is 45.6 Å². The fourth-order valence-corrected chi connectivity index (χ4v) is 2.53. The van der Waals surface area contributed by atoms with Gasteiger partial charge in [-0.15, -0.1) is 0 Å². The molecule has 0 radical (unpaired) electrons. The van der Waals surface area contributed by atoms with Crippen molar-refractivity contribution >= 4 is 44.6 Å². The van der Waals surface area contributed by atoms with Crippen LogP contribution in [0.25, 0.3) is 0 Å². The molecule has 100 valence electrons. The summed E-state index contributed by atoms with van der Waals surface area (Å²) in [7, 11) is 1.54. The van der Waals surface area contributed by atoms with Crippen molar-refractivity contribution < 1.29 is 9.13 Å². The summed E-state index contributed by atoms with van der Waals surface area (Å²) in [5, 5.41) is 3.32. The third kappa shape index (κ3) is 2.93. The molecule has 2 rings (SSSR count). The van der Waals surface area contributed by atoms with Gasteiger partial charge in [-0.05, 0) is 40.2 Å². The maximum absolute atomic E-state index is 13.2. The molecule has 2 aromatic carbocycles. The molecule has 0 aliphatic heterocycles. The van der Waals surface area contributed by atoms with E-state index >= 15 is 0 Å². The van der Waals surface area contributed by atoms with Gasteiger partial charge in [0.2, 0.25) is 0 Å². The third-order valence-electron chi connectivity index (χ3n) is 2.55. The molecular weight excluding hydrogens is 335 g/mol. The Morgan fingerprint density at radius 2 is 2.11 bits per heavy atom. The zero-order valence-electron chi connectivity index (χ0n) is 10.0.